The normalized spacial score (nSPS) is 17.9. The number of sulfonamides is 1. The lowest BCUT2D eigenvalue weighted by Crippen LogP contribution is -2.40. The molecule has 4 rings (SSSR count). The fraction of sp³-hybridized carbons (Fsp3) is 0.478. The summed E-state index contributed by atoms with van der Waals surface area (Å²) < 4.78 is 42.0. The topological polar surface area (TPSA) is 91.4 Å². The molecular weight excluding hydrogens is 431 g/mol. The molecule has 2 aromatic rings. The van der Waals surface area contributed by atoms with Crippen LogP contribution in [-0.2, 0) is 10.0 Å². The summed E-state index contributed by atoms with van der Waals surface area (Å²) in [6.45, 7) is 6.85. The van der Waals surface area contributed by atoms with Crippen LogP contribution in [0.15, 0.2) is 41.3 Å². The Hall–Kier alpha value is -2.52. The lowest BCUT2D eigenvalue weighted by molar-refractivity contribution is 0.102. The van der Waals surface area contributed by atoms with Gasteiger partial charge in [0.25, 0.3) is 5.91 Å². The van der Waals surface area contributed by atoms with E-state index in [2.05, 4.69) is 19.9 Å². The molecule has 1 spiro atoms. The van der Waals surface area contributed by atoms with Crippen molar-refractivity contribution in [2.75, 3.05) is 23.3 Å². The first-order valence-electron chi connectivity index (χ1n) is 10.8. The van der Waals surface area contributed by atoms with Crippen molar-refractivity contribution >= 4 is 27.4 Å². The van der Waals surface area contributed by atoms with Crippen LogP contribution in [0.4, 0.5) is 15.9 Å². The van der Waals surface area contributed by atoms with E-state index in [1.807, 2.05) is 0 Å². The maximum atomic E-state index is 13.4. The van der Waals surface area contributed by atoms with Crippen molar-refractivity contribution < 1.29 is 17.6 Å². The van der Waals surface area contributed by atoms with Gasteiger partial charge in [0.2, 0.25) is 16.0 Å². The average molecular weight is 461 g/mol. The van der Waals surface area contributed by atoms with Gasteiger partial charge in [0.05, 0.1) is 16.1 Å². The number of halogens is 1. The maximum absolute atomic E-state index is 13.4. The number of carbonyl (C=O) groups is 1. The number of nitrogens with one attached hydrogen (secondary N) is 2. The van der Waals surface area contributed by atoms with E-state index in [-0.39, 0.29) is 10.7 Å². The van der Waals surface area contributed by atoms with Crippen LogP contribution in [0.2, 0.25) is 0 Å². The Bertz CT molecular complexity index is 1130. The van der Waals surface area contributed by atoms with E-state index >= 15 is 0 Å². The zero-order chi connectivity index (χ0) is 23.1. The minimum Gasteiger partial charge on any atom is -0.371 e. The molecule has 2 aliphatic rings. The molecule has 0 bridgehead atoms. The van der Waals surface area contributed by atoms with Crippen LogP contribution in [-0.4, -0.2) is 37.9 Å². The predicted molar refractivity (Wildman–Crippen MR) is 122 cm³/mol. The van der Waals surface area contributed by atoms with Gasteiger partial charge in [0.15, 0.2) is 0 Å². The van der Waals surface area contributed by atoms with Crippen molar-refractivity contribution in [3.8, 4) is 0 Å². The number of anilines is 2. The Kier molecular flexibility index (Phi) is 5.75. The number of hydrogen-bond donors (Lipinski definition) is 2. The minimum atomic E-state index is -3.77. The summed E-state index contributed by atoms with van der Waals surface area (Å²) in [5.74, 6) is -1.05. The van der Waals surface area contributed by atoms with Crippen molar-refractivity contribution in [3.05, 3.63) is 47.9 Å². The van der Waals surface area contributed by atoms with Gasteiger partial charge in [-0.25, -0.2) is 18.1 Å². The van der Waals surface area contributed by atoms with Crippen LogP contribution in [0.3, 0.4) is 0 Å². The van der Waals surface area contributed by atoms with Crippen LogP contribution >= 0.6 is 0 Å². The van der Waals surface area contributed by atoms with Crippen molar-refractivity contribution in [2.24, 2.45) is 5.41 Å². The molecule has 1 saturated heterocycles. The first kappa shape index (κ1) is 22.7. The van der Waals surface area contributed by atoms with E-state index in [9.17, 15) is 17.6 Å². The van der Waals surface area contributed by atoms with Crippen molar-refractivity contribution in [3.63, 3.8) is 0 Å². The summed E-state index contributed by atoms with van der Waals surface area (Å²) in [7, 11) is -3.77. The summed E-state index contributed by atoms with van der Waals surface area (Å²) in [4.78, 5) is 18.9. The van der Waals surface area contributed by atoms with E-state index in [1.165, 1.54) is 43.2 Å². The number of nitrogens with zero attached hydrogens (tertiary/aromatic N) is 2. The van der Waals surface area contributed by atoms with Crippen LogP contribution in [0.5, 0.6) is 0 Å². The van der Waals surface area contributed by atoms with E-state index in [0.29, 0.717) is 16.7 Å². The third-order valence-electron chi connectivity index (χ3n) is 6.04. The molecule has 0 radical (unpaired) electrons. The fourth-order valence-corrected chi connectivity index (χ4v) is 5.59. The Morgan fingerprint density at radius 3 is 2.38 bits per heavy atom. The second-order valence-corrected chi connectivity index (χ2v) is 11.5. The van der Waals surface area contributed by atoms with Crippen LogP contribution < -0.4 is 14.9 Å². The molecule has 1 aromatic carbocycles. The highest BCUT2D eigenvalue weighted by Crippen LogP contribution is 2.54. The molecule has 2 heterocycles. The van der Waals surface area contributed by atoms with Gasteiger partial charge in [-0.05, 0) is 82.2 Å². The van der Waals surface area contributed by atoms with Crippen LogP contribution in [0, 0.1) is 11.4 Å². The molecule has 32 heavy (non-hydrogen) atoms. The third-order valence-corrected chi connectivity index (χ3v) is 7.80. The van der Waals surface area contributed by atoms with Crippen molar-refractivity contribution in [1.29, 1.82) is 0 Å². The van der Waals surface area contributed by atoms with E-state index < -0.39 is 27.4 Å². The predicted octanol–water partition coefficient (Wildman–Crippen LogP) is 3.93. The zero-order valence-corrected chi connectivity index (χ0v) is 19.4. The maximum Gasteiger partial charge on any atom is 0.258 e. The highest BCUT2D eigenvalue weighted by molar-refractivity contribution is 7.89. The largest absolute Gasteiger partial charge is 0.371 e. The Balaban J connectivity index is 1.67. The molecular formula is C23H29FN4O3S. The third kappa shape index (κ3) is 5.10. The molecule has 9 heteroatoms. The lowest BCUT2D eigenvalue weighted by atomic mass is 9.93. The van der Waals surface area contributed by atoms with E-state index in [4.69, 9.17) is 0 Å². The SMILES string of the molecule is CC(C)(C)NS(=O)(=O)c1ccc(C(=O)Nc2cccc(F)n2)c(N2CCC3(CC2)CC3)c1. The molecule has 0 unspecified atom stereocenters. The number of piperidine rings is 1. The molecule has 1 aromatic heterocycles. The zero-order valence-electron chi connectivity index (χ0n) is 18.6. The molecule has 1 aliphatic carbocycles. The van der Waals surface area contributed by atoms with E-state index in [1.54, 1.807) is 26.8 Å². The quantitative estimate of drug-likeness (QED) is 0.660. The number of benzene rings is 1. The van der Waals surface area contributed by atoms with Gasteiger partial charge in [-0.1, -0.05) is 6.07 Å². The van der Waals surface area contributed by atoms with Crippen LogP contribution in [0.25, 0.3) is 0 Å². The number of amides is 1. The van der Waals surface area contributed by atoms with Gasteiger partial charge in [0.1, 0.15) is 5.82 Å². The minimum absolute atomic E-state index is 0.0997. The highest BCUT2D eigenvalue weighted by Gasteiger charge is 2.44. The molecule has 2 N–H and O–H groups in total. The van der Waals surface area contributed by atoms with Crippen LogP contribution in [0.1, 0.15) is 56.8 Å². The highest BCUT2D eigenvalue weighted by atomic mass is 32.2. The fourth-order valence-electron chi connectivity index (χ4n) is 4.15. The lowest BCUT2D eigenvalue weighted by Gasteiger charge is -2.35. The molecule has 1 saturated carbocycles. The molecule has 2 fully saturated rings. The summed E-state index contributed by atoms with van der Waals surface area (Å²) in [6, 6.07) is 8.68. The molecule has 1 aliphatic heterocycles. The first-order valence-corrected chi connectivity index (χ1v) is 12.3. The number of aromatic nitrogens is 1. The van der Waals surface area contributed by atoms with E-state index in [0.717, 1.165) is 25.9 Å². The molecule has 7 nitrogen and oxygen atoms in total. The second kappa shape index (κ2) is 8.12. The number of carbonyl (C=O) groups excluding carboxylic acids is 1. The summed E-state index contributed by atoms with van der Waals surface area (Å²) >= 11 is 0. The second-order valence-electron chi connectivity index (χ2n) is 9.82. The van der Waals surface area contributed by atoms with Gasteiger partial charge in [-0.2, -0.15) is 4.39 Å². The Labute approximate surface area is 188 Å². The first-order chi connectivity index (χ1) is 15.0. The molecule has 0 atom stereocenters. The molecule has 172 valence electrons. The van der Waals surface area contributed by atoms with Gasteiger partial charge in [-0.15, -0.1) is 0 Å². The molecule has 1 amide bonds. The number of pyridine rings is 1. The number of rotatable bonds is 5. The Morgan fingerprint density at radius 2 is 1.78 bits per heavy atom. The standard InChI is InChI=1S/C23H29FN4O3S/c1-22(2,3)27-32(30,31)16-7-8-17(21(29)26-20-6-4-5-19(24)25-20)18(15-16)28-13-11-23(9-10-23)12-14-28/h4-8,15,27H,9-14H2,1-3H3,(H,25,26,29). The smallest absolute Gasteiger partial charge is 0.258 e. The average Bonchev–Trinajstić information content (AvgIpc) is 3.45. The Morgan fingerprint density at radius 1 is 1.09 bits per heavy atom. The van der Waals surface area contributed by atoms with Crippen molar-refractivity contribution in [1.82, 2.24) is 9.71 Å². The summed E-state index contributed by atoms with van der Waals surface area (Å²) in [5, 5.41) is 2.62. The van der Waals surface area contributed by atoms with Crippen molar-refractivity contribution in [2.45, 2.75) is 56.9 Å². The summed E-state index contributed by atoms with van der Waals surface area (Å²) in [6.07, 6.45) is 4.53. The summed E-state index contributed by atoms with van der Waals surface area (Å²) in [5.41, 5.74) is 0.687. The van der Waals surface area contributed by atoms with Gasteiger partial charge in [0, 0.05) is 18.6 Å². The number of hydrogen-bond acceptors (Lipinski definition) is 5. The monoisotopic (exact) mass is 460 g/mol. The van der Waals surface area contributed by atoms with Gasteiger partial charge in [-0.3, -0.25) is 4.79 Å². The van der Waals surface area contributed by atoms with Gasteiger partial charge < -0.3 is 10.2 Å². The van der Waals surface area contributed by atoms with Gasteiger partial charge >= 0.3 is 0 Å².